The van der Waals surface area contributed by atoms with Crippen molar-refractivity contribution in [1.29, 1.82) is 0 Å². The van der Waals surface area contributed by atoms with E-state index in [1.54, 1.807) is 0 Å². The van der Waals surface area contributed by atoms with Gasteiger partial charge in [-0.25, -0.2) is 0 Å². The van der Waals surface area contributed by atoms with Crippen LogP contribution in [0.4, 0.5) is 0 Å². The third-order valence-corrected chi connectivity index (χ3v) is 6.33. The lowest BCUT2D eigenvalue weighted by molar-refractivity contribution is 1.24. The number of rotatable bonds is 6. The highest BCUT2D eigenvalue weighted by Crippen LogP contribution is 2.11. The molecule has 0 saturated carbocycles. The van der Waals surface area contributed by atoms with E-state index in [-0.39, 0.29) is 0 Å². The van der Waals surface area contributed by atoms with E-state index in [1.807, 2.05) is 0 Å². The Morgan fingerprint density at radius 2 is 1.22 bits per heavy atom. The van der Waals surface area contributed by atoms with E-state index in [2.05, 4.69) is 73.3 Å². The Bertz CT molecular complexity index is 420. The van der Waals surface area contributed by atoms with Crippen LogP contribution in [0.15, 0.2) is 73.3 Å². The first-order chi connectivity index (χ1) is 8.88. The van der Waals surface area contributed by atoms with Gasteiger partial charge in [0.15, 0.2) is 0 Å². The van der Waals surface area contributed by atoms with Gasteiger partial charge in [0, 0.05) is 0 Å². The Morgan fingerprint density at radius 1 is 0.778 bits per heavy atom. The summed E-state index contributed by atoms with van der Waals surface area (Å²) in [5, 5.41) is 3.74. The Morgan fingerprint density at radius 3 is 1.61 bits per heavy atom. The summed E-state index contributed by atoms with van der Waals surface area (Å²) in [6, 6.07) is 21.7. The molecule has 90 valence electrons. The van der Waals surface area contributed by atoms with Crippen LogP contribution in [0.3, 0.4) is 0 Å². The zero-order valence-corrected chi connectivity index (χ0v) is 11.9. The van der Waals surface area contributed by atoms with E-state index >= 15 is 0 Å². The molecule has 0 radical (unpaired) electrons. The van der Waals surface area contributed by atoms with E-state index in [9.17, 15) is 0 Å². The monoisotopic (exact) mass is 250 g/mol. The molecule has 2 aromatic carbocycles. The van der Waals surface area contributed by atoms with Gasteiger partial charge in [-0.3, -0.25) is 0 Å². The summed E-state index contributed by atoms with van der Waals surface area (Å²) in [6.07, 6.45) is 2.10. The van der Waals surface area contributed by atoms with Crippen molar-refractivity contribution in [1.82, 2.24) is 0 Å². The molecule has 0 spiro atoms. The predicted octanol–water partition coefficient (Wildman–Crippen LogP) is 4.23. The summed E-state index contributed by atoms with van der Waals surface area (Å²) in [5.41, 5.74) is 2.96. The van der Waals surface area contributed by atoms with Crippen LogP contribution in [0.5, 0.6) is 0 Å². The van der Waals surface area contributed by atoms with E-state index in [0.717, 1.165) is 0 Å². The highest BCUT2D eigenvalue weighted by molar-refractivity contribution is 6.58. The third-order valence-electron chi connectivity index (χ3n) is 3.23. The Kier molecular flexibility index (Phi) is 5.27. The van der Waals surface area contributed by atoms with Crippen molar-refractivity contribution in [2.24, 2.45) is 0 Å². The van der Waals surface area contributed by atoms with Crippen molar-refractivity contribution in [3.05, 3.63) is 84.4 Å². The molecule has 0 unspecified atom stereocenters. The van der Waals surface area contributed by atoms with Crippen molar-refractivity contribution < 1.29 is 0 Å². The molecular formula is C17H19Al. The standard InChI is InChI=1S/2C7H7.C3H5.Al/c2*1-7-5-3-2-4-6-7;1-3-2;/h2*2-6H,1H2;3H,1-2H2;. The number of hydrogen-bond acceptors (Lipinski definition) is 0. The van der Waals surface area contributed by atoms with Gasteiger partial charge in [0.05, 0.1) is 0 Å². The first kappa shape index (κ1) is 13.2. The molecule has 0 amide bonds. The maximum Gasteiger partial charge on any atom is 0.276 e. The van der Waals surface area contributed by atoms with Gasteiger partial charge in [-0.05, 0) is 0 Å². The molecular weight excluding hydrogens is 231 g/mol. The van der Waals surface area contributed by atoms with Crippen LogP contribution in [0.1, 0.15) is 11.1 Å². The normalized spacial score (nSPS) is 10.0. The van der Waals surface area contributed by atoms with E-state index < -0.39 is 14.1 Å². The van der Waals surface area contributed by atoms with Gasteiger partial charge >= 0.3 is 0 Å². The SMILES string of the molecule is C=C[CH2][Al]([CH2]c1ccccc1)[CH2]c1ccccc1. The summed E-state index contributed by atoms with van der Waals surface area (Å²) in [6.45, 7) is 3.92. The second-order valence-corrected chi connectivity index (χ2v) is 7.79. The lowest BCUT2D eigenvalue weighted by atomic mass is 10.2. The lowest BCUT2D eigenvalue weighted by Gasteiger charge is -2.10. The fourth-order valence-corrected chi connectivity index (χ4v) is 5.20. The molecule has 0 aliphatic heterocycles. The van der Waals surface area contributed by atoms with Crippen LogP contribution in [0.2, 0.25) is 5.28 Å². The number of hydrogen-bond donors (Lipinski definition) is 0. The van der Waals surface area contributed by atoms with Crippen LogP contribution < -0.4 is 0 Å². The molecule has 0 N–H and O–H groups in total. The van der Waals surface area contributed by atoms with Gasteiger partial charge < -0.3 is 0 Å². The first-order valence-electron chi connectivity index (χ1n) is 6.57. The van der Waals surface area contributed by atoms with Crippen molar-refractivity contribution >= 4 is 14.1 Å². The molecule has 0 aliphatic carbocycles. The molecule has 2 aromatic rings. The minimum absolute atomic E-state index is 0.805. The summed E-state index contributed by atoms with van der Waals surface area (Å²) >= 11 is -0.805. The first-order valence-corrected chi connectivity index (χ1v) is 9.02. The van der Waals surface area contributed by atoms with E-state index in [0.29, 0.717) is 0 Å². The van der Waals surface area contributed by atoms with Gasteiger partial charge in [0.1, 0.15) is 0 Å². The Balaban J connectivity index is 2.02. The molecule has 0 aliphatic rings. The quantitative estimate of drug-likeness (QED) is 0.531. The summed E-state index contributed by atoms with van der Waals surface area (Å²) in [4.78, 5) is 0. The Hall–Kier alpha value is -1.29. The molecule has 2 rings (SSSR count). The number of benzene rings is 2. The zero-order valence-electron chi connectivity index (χ0n) is 10.8. The molecule has 0 heterocycles. The van der Waals surface area contributed by atoms with Crippen LogP contribution >= 0.6 is 0 Å². The third kappa shape index (κ3) is 4.18. The fraction of sp³-hybridized carbons (Fsp3) is 0.176. The summed E-state index contributed by atoms with van der Waals surface area (Å²) in [7, 11) is 0. The summed E-state index contributed by atoms with van der Waals surface area (Å²) in [5.74, 6) is 0. The maximum atomic E-state index is 3.92. The second kappa shape index (κ2) is 7.21. The van der Waals surface area contributed by atoms with Crippen LogP contribution in [0, 0.1) is 0 Å². The minimum atomic E-state index is -0.805. The van der Waals surface area contributed by atoms with Crippen molar-refractivity contribution in [2.75, 3.05) is 0 Å². The topological polar surface area (TPSA) is 0 Å². The number of allylic oxidation sites excluding steroid dienone is 1. The molecule has 0 bridgehead atoms. The zero-order chi connectivity index (χ0) is 12.6. The minimum Gasteiger partial charge on any atom is -0.105 e. The van der Waals surface area contributed by atoms with Crippen LogP contribution in [-0.2, 0) is 10.6 Å². The maximum absolute atomic E-state index is 3.92. The van der Waals surface area contributed by atoms with Gasteiger partial charge in [-0.15, -0.1) is 12.7 Å². The fourth-order valence-electron chi connectivity index (χ4n) is 2.37. The predicted molar refractivity (Wildman–Crippen MR) is 81.1 cm³/mol. The van der Waals surface area contributed by atoms with Crippen LogP contribution in [0.25, 0.3) is 0 Å². The smallest absolute Gasteiger partial charge is 0.105 e. The van der Waals surface area contributed by atoms with Gasteiger partial charge in [-0.2, -0.15) is 0 Å². The molecule has 0 saturated heterocycles. The van der Waals surface area contributed by atoms with Crippen LogP contribution in [-0.4, -0.2) is 14.1 Å². The highest BCUT2D eigenvalue weighted by Gasteiger charge is 2.16. The average molecular weight is 250 g/mol. The van der Waals surface area contributed by atoms with Crippen molar-refractivity contribution in [3.8, 4) is 0 Å². The van der Waals surface area contributed by atoms with E-state index in [1.165, 1.54) is 27.0 Å². The molecule has 0 aromatic heterocycles. The van der Waals surface area contributed by atoms with Gasteiger partial charge in [-0.1, -0.05) is 87.6 Å². The lowest BCUT2D eigenvalue weighted by Crippen LogP contribution is -2.19. The summed E-state index contributed by atoms with van der Waals surface area (Å²) < 4.78 is 0. The second-order valence-electron chi connectivity index (χ2n) is 4.77. The largest absolute Gasteiger partial charge is 0.276 e. The van der Waals surface area contributed by atoms with Gasteiger partial charge in [0.25, 0.3) is 14.1 Å². The highest BCUT2D eigenvalue weighted by atomic mass is 27.2. The molecule has 0 atom stereocenters. The van der Waals surface area contributed by atoms with Crippen molar-refractivity contribution in [2.45, 2.75) is 15.8 Å². The van der Waals surface area contributed by atoms with Crippen molar-refractivity contribution in [3.63, 3.8) is 0 Å². The molecule has 1 heteroatoms. The molecule has 0 nitrogen and oxygen atoms in total. The Labute approximate surface area is 114 Å². The van der Waals surface area contributed by atoms with E-state index in [4.69, 9.17) is 0 Å². The van der Waals surface area contributed by atoms with Gasteiger partial charge in [0.2, 0.25) is 0 Å². The average Bonchev–Trinajstić information content (AvgIpc) is 2.41. The molecule has 18 heavy (non-hydrogen) atoms. The molecule has 0 fully saturated rings.